The van der Waals surface area contributed by atoms with Crippen LogP contribution in [0.3, 0.4) is 0 Å². The lowest BCUT2D eigenvalue weighted by Gasteiger charge is -2.28. The lowest BCUT2D eigenvalue weighted by Crippen LogP contribution is -2.26. The monoisotopic (exact) mass is 377 g/mol. The second-order valence-electron chi connectivity index (χ2n) is 8.02. The van der Waals surface area contributed by atoms with E-state index in [1.165, 1.54) is 5.56 Å². The van der Waals surface area contributed by atoms with E-state index in [9.17, 15) is 9.59 Å². The van der Waals surface area contributed by atoms with E-state index >= 15 is 0 Å². The van der Waals surface area contributed by atoms with Gasteiger partial charge in [-0.2, -0.15) is 0 Å². The Balaban J connectivity index is 1.27. The van der Waals surface area contributed by atoms with E-state index in [4.69, 9.17) is 10.5 Å². The Morgan fingerprint density at radius 2 is 2.11 bits per heavy atom. The van der Waals surface area contributed by atoms with Gasteiger partial charge in [0.05, 0.1) is 13.0 Å². The standard InChI is InChI=1S/C22H23N3O3/c23-22(27)14-2-4-20-17(8-14)18-11-25(10-16(18)12-28-20)6-5-13-1-3-19-15(7-13)9-21(26)24-19/h1-4,7-8,16,18H,5-6,9-12H2,(H2,23,27)(H,24,26)/t16-,18?/m0/s1. The molecule has 2 aromatic carbocycles. The number of amides is 2. The molecule has 6 nitrogen and oxygen atoms in total. The van der Waals surface area contributed by atoms with Crippen molar-refractivity contribution in [3.8, 4) is 5.75 Å². The molecule has 2 amide bonds. The molecule has 3 aliphatic heterocycles. The topological polar surface area (TPSA) is 84.7 Å². The number of carbonyl (C=O) groups is 2. The van der Waals surface area contributed by atoms with Gasteiger partial charge in [-0.15, -0.1) is 0 Å². The first kappa shape index (κ1) is 17.3. The van der Waals surface area contributed by atoms with Gasteiger partial charge in [0.2, 0.25) is 11.8 Å². The molecule has 2 aromatic rings. The van der Waals surface area contributed by atoms with Crippen molar-refractivity contribution in [1.29, 1.82) is 0 Å². The molecule has 0 aliphatic carbocycles. The summed E-state index contributed by atoms with van der Waals surface area (Å²) in [4.78, 5) is 25.6. The molecule has 0 saturated carbocycles. The number of hydrogen-bond donors (Lipinski definition) is 2. The van der Waals surface area contributed by atoms with Gasteiger partial charge in [-0.25, -0.2) is 0 Å². The minimum atomic E-state index is -0.399. The number of likely N-dealkylation sites (tertiary alicyclic amines) is 1. The molecule has 3 aliphatic rings. The molecule has 1 saturated heterocycles. The molecule has 3 N–H and O–H groups in total. The van der Waals surface area contributed by atoms with Crippen LogP contribution < -0.4 is 15.8 Å². The minimum absolute atomic E-state index is 0.0739. The van der Waals surface area contributed by atoms with Crippen LogP contribution in [-0.2, 0) is 17.6 Å². The zero-order valence-corrected chi connectivity index (χ0v) is 15.6. The molecule has 0 spiro atoms. The largest absolute Gasteiger partial charge is 0.493 e. The summed E-state index contributed by atoms with van der Waals surface area (Å²) in [6.07, 6.45) is 1.43. The predicted octanol–water partition coefficient (Wildman–Crippen LogP) is 1.93. The molecule has 0 bridgehead atoms. The fourth-order valence-corrected chi connectivity index (χ4v) is 4.71. The smallest absolute Gasteiger partial charge is 0.248 e. The van der Waals surface area contributed by atoms with Crippen LogP contribution in [0.15, 0.2) is 36.4 Å². The van der Waals surface area contributed by atoms with E-state index in [0.29, 0.717) is 23.8 Å². The van der Waals surface area contributed by atoms with E-state index in [-0.39, 0.29) is 5.91 Å². The van der Waals surface area contributed by atoms with Crippen molar-refractivity contribution in [3.05, 3.63) is 58.7 Å². The van der Waals surface area contributed by atoms with Crippen LogP contribution in [0.5, 0.6) is 5.75 Å². The van der Waals surface area contributed by atoms with Crippen LogP contribution in [0.4, 0.5) is 5.69 Å². The molecular weight excluding hydrogens is 354 g/mol. The van der Waals surface area contributed by atoms with Gasteiger partial charge in [0.1, 0.15) is 5.75 Å². The van der Waals surface area contributed by atoms with Gasteiger partial charge in [-0.05, 0) is 47.4 Å². The number of fused-ring (bicyclic) bond motifs is 4. The van der Waals surface area contributed by atoms with Crippen molar-refractivity contribution in [1.82, 2.24) is 4.90 Å². The summed E-state index contributed by atoms with van der Waals surface area (Å²) < 4.78 is 5.93. The van der Waals surface area contributed by atoms with Gasteiger partial charge < -0.3 is 20.7 Å². The molecule has 1 fully saturated rings. The van der Waals surface area contributed by atoms with Crippen LogP contribution in [0.25, 0.3) is 0 Å². The summed E-state index contributed by atoms with van der Waals surface area (Å²) in [6, 6.07) is 11.8. The molecule has 0 aromatic heterocycles. The Bertz CT molecular complexity index is 971. The number of nitrogens with zero attached hydrogens (tertiary/aromatic N) is 1. The Morgan fingerprint density at radius 1 is 1.21 bits per heavy atom. The molecule has 28 heavy (non-hydrogen) atoms. The van der Waals surface area contributed by atoms with Crippen LogP contribution in [0.1, 0.15) is 33.0 Å². The van der Waals surface area contributed by atoms with Gasteiger partial charge >= 0.3 is 0 Å². The average molecular weight is 377 g/mol. The zero-order chi connectivity index (χ0) is 19.3. The van der Waals surface area contributed by atoms with E-state index in [1.54, 1.807) is 6.07 Å². The molecule has 2 atom stereocenters. The number of ether oxygens (including phenoxy) is 1. The maximum atomic E-state index is 11.5. The Labute approximate surface area is 163 Å². The summed E-state index contributed by atoms with van der Waals surface area (Å²) >= 11 is 0. The van der Waals surface area contributed by atoms with Crippen LogP contribution in [-0.4, -0.2) is 43.0 Å². The van der Waals surface area contributed by atoms with Crippen molar-refractivity contribution in [2.75, 3.05) is 31.6 Å². The third-order valence-electron chi connectivity index (χ3n) is 6.17. The van der Waals surface area contributed by atoms with E-state index in [2.05, 4.69) is 22.3 Å². The first-order valence-corrected chi connectivity index (χ1v) is 9.77. The number of nitrogens with one attached hydrogen (secondary N) is 1. The van der Waals surface area contributed by atoms with E-state index in [1.807, 2.05) is 18.2 Å². The number of anilines is 1. The molecule has 144 valence electrons. The number of nitrogens with two attached hydrogens (primary N) is 1. The fourth-order valence-electron chi connectivity index (χ4n) is 4.71. The average Bonchev–Trinajstić information content (AvgIpc) is 3.27. The summed E-state index contributed by atoms with van der Waals surface area (Å²) in [6.45, 7) is 3.65. The van der Waals surface area contributed by atoms with Crippen molar-refractivity contribution < 1.29 is 14.3 Å². The summed E-state index contributed by atoms with van der Waals surface area (Å²) in [5.74, 6) is 1.38. The lowest BCUT2D eigenvalue weighted by molar-refractivity contribution is -0.115. The van der Waals surface area contributed by atoms with Crippen molar-refractivity contribution >= 4 is 17.5 Å². The van der Waals surface area contributed by atoms with Crippen molar-refractivity contribution in [3.63, 3.8) is 0 Å². The van der Waals surface area contributed by atoms with Crippen LogP contribution >= 0.6 is 0 Å². The maximum Gasteiger partial charge on any atom is 0.248 e. The maximum absolute atomic E-state index is 11.5. The zero-order valence-electron chi connectivity index (χ0n) is 15.6. The second kappa shape index (κ2) is 6.63. The predicted molar refractivity (Wildman–Crippen MR) is 106 cm³/mol. The molecule has 3 heterocycles. The number of carbonyl (C=O) groups excluding carboxylic acids is 2. The number of primary amides is 1. The highest BCUT2D eigenvalue weighted by atomic mass is 16.5. The summed E-state index contributed by atoms with van der Waals surface area (Å²) in [5.41, 5.74) is 10.4. The van der Waals surface area contributed by atoms with Gasteiger partial charge in [-0.3, -0.25) is 9.59 Å². The lowest BCUT2D eigenvalue weighted by atomic mass is 9.86. The van der Waals surface area contributed by atoms with Crippen molar-refractivity contribution in [2.24, 2.45) is 11.7 Å². The number of rotatable bonds is 4. The Kier molecular flexibility index (Phi) is 4.09. The highest BCUT2D eigenvalue weighted by Gasteiger charge is 2.38. The minimum Gasteiger partial charge on any atom is -0.493 e. The molecular formula is C22H23N3O3. The van der Waals surface area contributed by atoms with Gasteiger partial charge in [0.15, 0.2) is 0 Å². The van der Waals surface area contributed by atoms with Crippen molar-refractivity contribution in [2.45, 2.75) is 18.8 Å². The highest BCUT2D eigenvalue weighted by Crippen LogP contribution is 2.42. The summed E-state index contributed by atoms with van der Waals surface area (Å²) in [7, 11) is 0. The number of benzene rings is 2. The SMILES string of the molecule is NC(=O)c1ccc2c(c1)C1CN(CCc3ccc4c(c3)CC(=O)N4)C[C@H]1CO2. The molecule has 1 unspecified atom stereocenters. The highest BCUT2D eigenvalue weighted by molar-refractivity contribution is 5.99. The van der Waals surface area contributed by atoms with E-state index in [0.717, 1.165) is 55.2 Å². The normalized spacial score (nSPS) is 22.8. The Hall–Kier alpha value is -2.86. The van der Waals surface area contributed by atoms with E-state index < -0.39 is 5.91 Å². The third-order valence-corrected chi connectivity index (χ3v) is 6.17. The molecule has 6 heteroatoms. The Morgan fingerprint density at radius 3 is 2.96 bits per heavy atom. The molecule has 0 radical (unpaired) electrons. The fraction of sp³-hybridized carbons (Fsp3) is 0.364. The van der Waals surface area contributed by atoms with Gasteiger partial charge in [-0.1, -0.05) is 12.1 Å². The third kappa shape index (κ3) is 3.03. The quantitative estimate of drug-likeness (QED) is 0.853. The van der Waals surface area contributed by atoms with Gasteiger partial charge in [0, 0.05) is 42.7 Å². The summed E-state index contributed by atoms with van der Waals surface area (Å²) in [5, 5.41) is 2.88. The first-order chi connectivity index (χ1) is 13.6. The first-order valence-electron chi connectivity index (χ1n) is 9.77. The van der Waals surface area contributed by atoms with Crippen LogP contribution in [0, 0.1) is 5.92 Å². The van der Waals surface area contributed by atoms with Gasteiger partial charge in [0.25, 0.3) is 0 Å². The molecule has 5 rings (SSSR count). The van der Waals surface area contributed by atoms with Crippen LogP contribution in [0.2, 0.25) is 0 Å². The number of hydrogen-bond acceptors (Lipinski definition) is 4. The second-order valence-corrected chi connectivity index (χ2v) is 8.02.